The average Bonchev–Trinajstić information content (AvgIpc) is 2.22. The fraction of sp³-hybridized carbons (Fsp3) is 0.0769. The summed E-state index contributed by atoms with van der Waals surface area (Å²) in [5.74, 6) is 0.315. The van der Waals surface area contributed by atoms with Crippen molar-refractivity contribution in [1.29, 1.82) is 0 Å². The van der Waals surface area contributed by atoms with Gasteiger partial charge in [0.1, 0.15) is 5.75 Å². The standard InChI is InChI=1S/C13H13NO/c1-9-5-6-11(8-13(9)15)10-3-2-4-12(14)7-10/h2-8,15H,14H2,1H3. The number of rotatable bonds is 1. The second kappa shape index (κ2) is 3.65. The molecule has 0 saturated carbocycles. The van der Waals surface area contributed by atoms with E-state index in [-0.39, 0.29) is 0 Å². The van der Waals surface area contributed by atoms with Crippen LogP contribution in [0.15, 0.2) is 42.5 Å². The van der Waals surface area contributed by atoms with E-state index in [0.717, 1.165) is 22.4 Å². The van der Waals surface area contributed by atoms with Crippen molar-refractivity contribution >= 4 is 5.69 Å². The highest BCUT2D eigenvalue weighted by Gasteiger charge is 2.01. The normalized spacial score (nSPS) is 10.2. The number of nitrogens with two attached hydrogens (primary N) is 1. The maximum absolute atomic E-state index is 9.60. The van der Waals surface area contributed by atoms with Crippen molar-refractivity contribution in [1.82, 2.24) is 0 Å². The minimum atomic E-state index is 0.315. The Morgan fingerprint density at radius 1 is 1.00 bits per heavy atom. The van der Waals surface area contributed by atoms with Crippen LogP contribution in [0, 0.1) is 6.92 Å². The van der Waals surface area contributed by atoms with Crippen LogP contribution in [-0.2, 0) is 0 Å². The lowest BCUT2D eigenvalue weighted by atomic mass is 10.0. The van der Waals surface area contributed by atoms with E-state index in [9.17, 15) is 5.11 Å². The van der Waals surface area contributed by atoms with Crippen LogP contribution in [0.2, 0.25) is 0 Å². The number of hydrogen-bond donors (Lipinski definition) is 2. The summed E-state index contributed by atoms with van der Waals surface area (Å²) in [5.41, 5.74) is 9.30. The molecular weight excluding hydrogens is 186 g/mol. The van der Waals surface area contributed by atoms with Crippen LogP contribution in [0.1, 0.15) is 5.56 Å². The van der Waals surface area contributed by atoms with Gasteiger partial charge in [0.25, 0.3) is 0 Å². The molecule has 0 atom stereocenters. The molecule has 0 aliphatic heterocycles. The van der Waals surface area contributed by atoms with Crippen molar-refractivity contribution < 1.29 is 5.11 Å². The van der Waals surface area contributed by atoms with E-state index < -0.39 is 0 Å². The second-order valence-corrected chi connectivity index (χ2v) is 3.63. The number of aryl methyl sites for hydroxylation is 1. The second-order valence-electron chi connectivity index (χ2n) is 3.63. The van der Waals surface area contributed by atoms with Crippen molar-refractivity contribution in [3.8, 4) is 16.9 Å². The zero-order valence-electron chi connectivity index (χ0n) is 8.57. The number of hydrogen-bond acceptors (Lipinski definition) is 2. The molecule has 0 unspecified atom stereocenters. The third kappa shape index (κ3) is 1.94. The van der Waals surface area contributed by atoms with Gasteiger partial charge in [0.2, 0.25) is 0 Å². The third-order valence-corrected chi connectivity index (χ3v) is 2.43. The molecule has 0 bridgehead atoms. The Labute approximate surface area is 89.0 Å². The first-order valence-corrected chi connectivity index (χ1v) is 4.82. The maximum Gasteiger partial charge on any atom is 0.119 e. The summed E-state index contributed by atoms with van der Waals surface area (Å²) in [6.45, 7) is 1.87. The van der Waals surface area contributed by atoms with Crippen molar-refractivity contribution in [2.45, 2.75) is 6.92 Å². The monoisotopic (exact) mass is 199 g/mol. The van der Waals surface area contributed by atoms with Gasteiger partial charge in [-0.2, -0.15) is 0 Å². The molecule has 0 saturated heterocycles. The van der Waals surface area contributed by atoms with Gasteiger partial charge in [0, 0.05) is 5.69 Å². The van der Waals surface area contributed by atoms with Crippen molar-refractivity contribution in [2.24, 2.45) is 0 Å². The zero-order valence-corrected chi connectivity index (χ0v) is 8.57. The maximum atomic E-state index is 9.60. The molecule has 2 aromatic rings. The van der Waals surface area contributed by atoms with Gasteiger partial charge in [0.15, 0.2) is 0 Å². The van der Waals surface area contributed by atoms with Gasteiger partial charge >= 0.3 is 0 Å². The first-order valence-electron chi connectivity index (χ1n) is 4.82. The molecule has 0 spiro atoms. The molecule has 2 heteroatoms. The molecule has 3 N–H and O–H groups in total. The molecule has 2 nitrogen and oxygen atoms in total. The molecule has 0 aliphatic carbocycles. The highest BCUT2D eigenvalue weighted by atomic mass is 16.3. The number of nitrogen functional groups attached to an aromatic ring is 1. The van der Waals surface area contributed by atoms with Gasteiger partial charge in [-0.1, -0.05) is 24.3 Å². The Hall–Kier alpha value is -1.96. The Bertz CT molecular complexity index is 492. The molecule has 0 fully saturated rings. The summed E-state index contributed by atoms with van der Waals surface area (Å²) >= 11 is 0. The van der Waals surface area contributed by atoms with E-state index in [0.29, 0.717) is 5.75 Å². The summed E-state index contributed by atoms with van der Waals surface area (Å²) in [5, 5.41) is 9.60. The molecule has 2 aromatic carbocycles. The van der Waals surface area contributed by atoms with Crippen LogP contribution in [0.3, 0.4) is 0 Å². The van der Waals surface area contributed by atoms with E-state index in [1.165, 1.54) is 0 Å². The van der Waals surface area contributed by atoms with Gasteiger partial charge in [-0.3, -0.25) is 0 Å². The highest BCUT2D eigenvalue weighted by molar-refractivity contribution is 5.69. The molecule has 76 valence electrons. The fourth-order valence-corrected chi connectivity index (χ4v) is 1.51. The predicted molar refractivity (Wildman–Crippen MR) is 62.7 cm³/mol. The topological polar surface area (TPSA) is 46.2 Å². The fourth-order valence-electron chi connectivity index (χ4n) is 1.51. The molecule has 0 amide bonds. The highest BCUT2D eigenvalue weighted by Crippen LogP contribution is 2.26. The van der Waals surface area contributed by atoms with E-state index in [4.69, 9.17) is 5.73 Å². The van der Waals surface area contributed by atoms with Gasteiger partial charge in [0.05, 0.1) is 0 Å². The van der Waals surface area contributed by atoms with Gasteiger partial charge in [-0.15, -0.1) is 0 Å². The van der Waals surface area contributed by atoms with E-state index >= 15 is 0 Å². The van der Waals surface area contributed by atoms with Crippen molar-refractivity contribution in [3.05, 3.63) is 48.0 Å². The summed E-state index contributed by atoms with van der Waals surface area (Å²) in [7, 11) is 0. The van der Waals surface area contributed by atoms with Crippen LogP contribution in [0.4, 0.5) is 5.69 Å². The lowest BCUT2D eigenvalue weighted by Gasteiger charge is -2.05. The van der Waals surface area contributed by atoms with Crippen molar-refractivity contribution in [2.75, 3.05) is 5.73 Å². The average molecular weight is 199 g/mol. The summed E-state index contributed by atoms with van der Waals surface area (Å²) < 4.78 is 0. The zero-order chi connectivity index (χ0) is 10.8. The summed E-state index contributed by atoms with van der Waals surface area (Å²) in [6, 6.07) is 13.2. The van der Waals surface area contributed by atoms with Crippen LogP contribution in [-0.4, -0.2) is 5.11 Å². The van der Waals surface area contributed by atoms with Crippen LogP contribution in [0.5, 0.6) is 5.75 Å². The van der Waals surface area contributed by atoms with E-state index in [2.05, 4.69) is 0 Å². The molecule has 0 radical (unpaired) electrons. The quantitative estimate of drug-likeness (QED) is 0.693. The summed E-state index contributed by atoms with van der Waals surface area (Å²) in [4.78, 5) is 0. The summed E-state index contributed by atoms with van der Waals surface area (Å²) in [6.07, 6.45) is 0. The number of aromatic hydroxyl groups is 1. The predicted octanol–water partition coefficient (Wildman–Crippen LogP) is 2.95. The van der Waals surface area contributed by atoms with Gasteiger partial charge in [-0.05, 0) is 41.8 Å². The Morgan fingerprint density at radius 2 is 1.73 bits per heavy atom. The number of phenols is 1. The Kier molecular flexibility index (Phi) is 2.34. The molecular formula is C13H13NO. The molecule has 0 aliphatic rings. The number of anilines is 1. The van der Waals surface area contributed by atoms with Gasteiger partial charge < -0.3 is 10.8 Å². The largest absolute Gasteiger partial charge is 0.508 e. The SMILES string of the molecule is Cc1ccc(-c2cccc(N)c2)cc1O. The van der Waals surface area contributed by atoms with Crippen LogP contribution < -0.4 is 5.73 Å². The van der Waals surface area contributed by atoms with Gasteiger partial charge in [-0.25, -0.2) is 0 Å². The minimum Gasteiger partial charge on any atom is -0.508 e. The minimum absolute atomic E-state index is 0.315. The van der Waals surface area contributed by atoms with Crippen molar-refractivity contribution in [3.63, 3.8) is 0 Å². The lowest BCUT2D eigenvalue weighted by molar-refractivity contribution is 0.471. The smallest absolute Gasteiger partial charge is 0.119 e. The Morgan fingerprint density at radius 3 is 2.40 bits per heavy atom. The van der Waals surface area contributed by atoms with E-state index in [1.807, 2.05) is 43.3 Å². The third-order valence-electron chi connectivity index (χ3n) is 2.43. The first-order chi connectivity index (χ1) is 7.16. The first kappa shape index (κ1) is 9.59. The van der Waals surface area contributed by atoms with E-state index in [1.54, 1.807) is 6.07 Å². The molecule has 15 heavy (non-hydrogen) atoms. The lowest BCUT2D eigenvalue weighted by Crippen LogP contribution is -1.85. The molecule has 0 aromatic heterocycles. The van der Waals surface area contributed by atoms with Crippen LogP contribution >= 0.6 is 0 Å². The molecule has 0 heterocycles. The van der Waals surface area contributed by atoms with Crippen LogP contribution in [0.25, 0.3) is 11.1 Å². The number of benzene rings is 2. The molecule has 2 rings (SSSR count). The Balaban J connectivity index is 2.50. The number of phenolic OH excluding ortho intramolecular Hbond substituents is 1.